The van der Waals surface area contributed by atoms with Gasteiger partial charge in [-0.25, -0.2) is 9.59 Å². The number of nitrogens with two attached hydrogens (primary N) is 1. The van der Waals surface area contributed by atoms with Gasteiger partial charge in [-0.1, -0.05) is 0 Å². The van der Waals surface area contributed by atoms with E-state index in [1.54, 1.807) is 27.7 Å². The number of anilines is 2. The van der Waals surface area contributed by atoms with Crippen LogP contribution in [0.1, 0.15) is 38.1 Å². The molecule has 0 radical (unpaired) electrons. The first-order valence-corrected chi connectivity index (χ1v) is 8.74. The molecule has 1 aromatic rings. The summed E-state index contributed by atoms with van der Waals surface area (Å²) in [6, 6.07) is 2.62. The van der Waals surface area contributed by atoms with Gasteiger partial charge in [0.2, 0.25) is 0 Å². The first-order chi connectivity index (χ1) is 12.4. The summed E-state index contributed by atoms with van der Waals surface area (Å²) >= 11 is 3.27. The number of carbonyl (C=O) groups excluding carboxylic acids is 2. The van der Waals surface area contributed by atoms with Gasteiger partial charge in [-0.2, -0.15) is 0 Å². The van der Waals surface area contributed by atoms with Crippen molar-refractivity contribution in [2.45, 2.75) is 33.3 Å². The molecule has 0 aliphatic carbocycles. The summed E-state index contributed by atoms with van der Waals surface area (Å²) < 4.78 is 5.64. The third-order valence-corrected chi connectivity index (χ3v) is 4.05. The summed E-state index contributed by atoms with van der Waals surface area (Å²) in [5.41, 5.74) is 6.07. The molecule has 0 saturated carbocycles. The Morgan fingerprint density at radius 2 is 1.89 bits per heavy atom. The molecule has 1 aliphatic rings. The fourth-order valence-corrected chi connectivity index (χ4v) is 3.04. The van der Waals surface area contributed by atoms with E-state index in [0.717, 1.165) is 4.90 Å². The predicted octanol–water partition coefficient (Wildman–Crippen LogP) is 3.69. The maximum Gasteiger partial charge on any atom is 0.418 e. The fourth-order valence-electron chi connectivity index (χ4n) is 2.39. The maximum atomic E-state index is 12.6. The van der Waals surface area contributed by atoms with Gasteiger partial charge in [0.1, 0.15) is 5.60 Å². The number of nitrogen functional groups attached to an aromatic ring is 1. The first kappa shape index (κ1) is 20.5. The van der Waals surface area contributed by atoms with Crippen LogP contribution in [0.15, 0.2) is 40.8 Å². The number of hydrogen-bond acceptors (Lipinski definition) is 5. The number of carbonyl (C=O) groups is 3. The Morgan fingerprint density at radius 3 is 2.41 bits per heavy atom. The van der Waals surface area contributed by atoms with Crippen molar-refractivity contribution in [1.29, 1.82) is 0 Å². The smallest absolute Gasteiger partial charge is 0.418 e. The van der Waals surface area contributed by atoms with E-state index in [1.807, 2.05) is 0 Å². The lowest BCUT2D eigenvalue weighted by molar-refractivity contribution is -0.113. The molecule has 3 N–H and O–H groups in total. The molecular formula is C18H20BrN3O5. The number of carboxylic acid groups (broad SMARTS) is 1. The Balaban J connectivity index is 2.47. The zero-order valence-corrected chi connectivity index (χ0v) is 16.9. The van der Waals surface area contributed by atoms with Crippen molar-refractivity contribution in [3.8, 4) is 0 Å². The van der Waals surface area contributed by atoms with Crippen molar-refractivity contribution < 1.29 is 24.2 Å². The molecule has 0 atom stereocenters. The molecule has 0 spiro atoms. The molecule has 144 valence electrons. The van der Waals surface area contributed by atoms with E-state index < -0.39 is 23.6 Å². The number of carboxylic acids is 1. The molecule has 27 heavy (non-hydrogen) atoms. The van der Waals surface area contributed by atoms with Crippen molar-refractivity contribution in [2.24, 2.45) is 0 Å². The Bertz CT molecular complexity index is 847. The van der Waals surface area contributed by atoms with Crippen LogP contribution >= 0.6 is 15.9 Å². The number of benzene rings is 1. The summed E-state index contributed by atoms with van der Waals surface area (Å²) in [6.07, 6.45) is 3.30. The highest BCUT2D eigenvalue weighted by Gasteiger charge is 2.27. The van der Waals surface area contributed by atoms with Crippen molar-refractivity contribution in [3.63, 3.8) is 0 Å². The van der Waals surface area contributed by atoms with Gasteiger partial charge in [0.05, 0.1) is 16.9 Å². The second kappa shape index (κ2) is 7.43. The maximum absolute atomic E-state index is 12.6. The van der Waals surface area contributed by atoms with Crippen molar-refractivity contribution in [1.82, 2.24) is 4.90 Å². The van der Waals surface area contributed by atoms with E-state index in [-0.39, 0.29) is 16.9 Å². The number of ether oxygens (including phenoxy) is 1. The number of halogens is 1. The van der Waals surface area contributed by atoms with Crippen molar-refractivity contribution >= 4 is 45.3 Å². The van der Waals surface area contributed by atoms with Crippen LogP contribution in [0, 0.1) is 0 Å². The zero-order chi connectivity index (χ0) is 20.5. The largest absolute Gasteiger partial charge is 0.478 e. The SMILES string of the molecule is CC1=CN(C(=O)OC(C)(C)C)C=CC(=O)N1c1c(N)cc(C(=O)O)cc1Br. The first-order valence-electron chi connectivity index (χ1n) is 7.95. The van der Waals surface area contributed by atoms with Crippen LogP contribution in [-0.4, -0.2) is 33.6 Å². The van der Waals surface area contributed by atoms with Crippen LogP contribution in [0.5, 0.6) is 0 Å². The van der Waals surface area contributed by atoms with Crippen LogP contribution < -0.4 is 10.6 Å². The van der Waals surface area contributed by atoms with E-state index in [9.17, 15) is 14.4 Å². The molecule has 0 unspecified atom stereocenters. The summed E-state index contributed by atoms with van der Waals surface area (Å²) in [7, 11) is 0. The lowest BCUT2D eigenvalue weighted by Crippen LogP contribution is -2.31. The van der Waals surface area contributed by atoms with Crippen LogP contribution in [0.2, 0.25) is 0 Å². The van der Waals surface area contributed by atoms with Gasteiger partial charge in [-0.05, 0) is 55.8 Å². The van der Waals surface area contributed by atoms with Crippen LogP contribution in [0.4, 0.5) is 16.2 Å². The van der Waals surface area contributed by atoms with Crippen LogP contribution in [0.3, 0.4) is 0 Å². The highest BCUT2D eigenvalue weighted by Crippen LogP contribution is 2.37. The monoisotopic (exact) mass is 437 g/mol. The van der Waals surface area contributed by atoms with E-state index >= 15 is 0 Å². The van der Waals surface area contributed by atoms with E-state index in [2.05, 4.69) is 15.9 Å². The van der Waals surface area contributed by atoms with Gasteiger partial charge in [0.25, 0.3) is 5.91 Å². The highest BCUT2D eigenvalue weighted by molar-refractivity contribution is 9.10. The molecule has 1 heterocycles. The molecule has 9 heteroatoms. The highest BCUT2D eigenvalue weighted by atomic mass is 79.9. The zero-order valence-electron chi connectivity index (χ0n) is 15.3. The van der Waals surface area contributed by atoms with Gasteiger partial charge in [0, 0.05) is 28.6 Å². The average molecular weight is 438 g/mol. The molecule has 2 rings (SSSR count). The minimum absolute atomic E-state index is 0.0158. The summed E-state index contributed by atoms with van der Waals surface area (Å²) in [6.45, 7) is 6.84. The minimum Gasteiger partial charge on any atom is -0.478 e. The number of rotatable bonds is 2. The molecule has 1 aromatic carbocycles. The van der Waals surface area contributed by atoms with Gasteiger partial charge < -0.3 is 15.6 Å². The Morgan fingerprint density at radius 1 is 1.26 bits per heavy atom. The van der Waals surface area contributed by atoms with Crippen LogP contribution in [0.25, 0.3) is 0 Å². The van der Waals surface area contributed by atoms with Crippen LogP contribution in [-0.2, 0) is 9.53 Å². The average Bonchev–Trinajstić information content (AvgIpc) is 2.65. The lowest BCUT2D eigenvalue weighted by Gasteiger charge is -2.25. The topological polar surface area (TPSA) is 113 Å². The van der Waals surface area contributed by atoms with E-state index in [1.165, 1.54) is 35.5 Å². The molecule has 0 bridgehead atoms. The number of aromatic carboxylic acids is 1. The number of allylic oxidation sites excluding steroid dienone is 1. The fraction of sp³-hybridized carbons (Fsp3) is 0.278. The molecule has 2 amide bonds. The summed E-state index contributed by atoms with van der Waals surface area (Å²) in [5.74, 6) is -1.59. The van der Waals surface area contributed by atoms with Crippen molar-refractivity contribution in [2.75, 3.05) is 10.6 Å². The Hall–Kier alpha value is -2.81. The standard InChI is InChI=1S/C18H20BrN3O5/c1-10-9-21(17(26)27-18(2,3)4)6-5-14(23)22(10)15-12(19)7-11(16(24)25)8-13(15)20/h5-9H,20H2,1-4H3,(H,24,25). The third-order valence-electron chi connectivity index (χ3n) is 3.44. The van der Waals surface area contributed by atoms with E-state index in [4.69, 9.17) is 15.6 Å². The second-order valence-electron chi connectivity index (χ2n) is 6.85. The molecule has 8 nitrogen and oxygen atoms in total. The molecule has 0 saturated heterocycles. The lowest BCUT2D eigenvalue weighted by atomic mass is 10.1. The van der Waals surface area contributed by atoms with Gasteiger partial charge in [-0.15, -0.1) is 0 Å². The molecular weight excluding hydrogens is 418 g/mol. The summed E-state index contributed by atoms with van der Waals surface area (Å²) in [5, 5.41) is 9.13. The third kappa shape index (κ3) is 4.68. The van der Waals surface area contributed by atoms with Gasteiger partial charge >= 0.3 is 12.1 Å². The predicted molar refractivity (Wildman–Crippen MR) is 104 cm³/mol. The Labute approximate surface area is 165 Å². The number of nitrogens with zero attached hydrogens (tertiary/aromatic N) is 2. The normalized spacial score (nSPS) is 14.7. The number of hydrogen-bond donors (Lipinski definition) is 2. The number of amides is 2. The van der Waals surface area contributed by atoms with Gasteiger partial charge in [0.15, 0.2) is 0 Å². The van der Waals surface area contributed by atoms with Gasteiger partial charge in [-0.3, -0.25) is 14.6 Å². The minimum atomic E-state index is -1.14. The Kier molecular flexibility index (Phi) is 5.65. The second-order valence-corrected chi connectivity index (χ2v) is 7.70. The quantitative estimate of drug-likeness (QED) is 0.681. The van der Waals surface area contributed by atoms with E-state index in [0.29, 0.717) is 10.2 Å². The molecule has 1 aliphatic heterocycles. The van der Waals surface area contributed by atoms with Crippen molar-refractivity contribution in [3.05, 3.63) is 46.3 Å². The molecule has 0 aromatic heterocycles. The summed E-state index contributed by atoms with van der Waals surface area (Å²) in [4.78, 5) is 38.5. The molecule has 0 fully saturated rings.